The first kappa shape index (κ1) is 10.8. The van der Waals surface area contributed by atoms with E-state index in [9.17, 15) is 9.59 Å². The summed E-state index contributed by atoms with van der Waals surface area (Å²) in [5, 5.41) is 8.63. The average Bonchev–Trinajstić information content (AvgIpc) is 2.18. The van der Waals surface area contributed by atoms with Gasteiger partial charge in [0.25, 0.3) is 0 Å². The van der Waals surface area contributed by atoms with Crippen LogP contribution in [0, 0.1) is 0 Å². The lowest BCUT2D eigenvalue weighted by Crippen LogP contribution is -2.03. The predicted octanol–water partition coefficient (Wildman–Crippen LogP) is 1.93. The van der Waals surface area contributed by atoms with Gasteiger partial charge in [-0.1, -0.05) is 12.1 Å². The van der Waals surface area contributed by atoms with E-state index in [-0.39, 0.29) is 11.3 Å². The zero-order valence-corrected chi connectivity index (χ0v) is 8.50. The van der Waals surface area contributed by atoms with E-state index in [1.165, 1.54) is 23.9 Å². The number of hydrogen-bond donors (Lipinski definition) is 1. The van der Waals surface area contributed by atoms with Crippen LogP contribution in [0.4, 0.5) is 0 Å². The van der Waals surface area contributed by atoms with Gasteiger partial charge >= 0.3 is 5.97 Å². The molecule has 0 atom stereocenters. The van der Waals surface area contributed by atoms with Crippen LogP contribution in [0.2, 0.25) is 0 Å². The Morgan fingerprint density at radius 3 is 2.14 bits per heavy atom. The number of carboxylic acids is 1. The molecule has 0 aliphatic carbocycles. The fourth-order valence-electron chi connectivity index (χ4n) is 1.01. The van der Waals surface area contributed by atoms with Crippen molar-refractivity contribution >= 4 is 23.5 Å². The van der Waals surface area contributed by atoms with Gasteiger partial charge in [0.15, 0.2) is 5.78 Å². The summed E-state index contributed by atoms with van der Waals surface area (Å²) in [7, 11) is 0. The van der Waals surface area contributed by atoms with Crippen molar-refractivity contribution in [3.63, 3.8) is 0 Å². The van der Waals surface area contributed by atoms with Crippen LogP contribution in [-0.2, 0) is 0 Å². The van der Waals surface area contributed by atoms with Crippen molar-refractivity contribution in [2.75, 3.05) is 12.0 Å². The maximum absolute atomic E-state index is 11.4. The van der Waals surface area contributed by atoms with Crippen LogP contribution < -0.4 is 0 Å². The van der Waals surface area contributed by atoms with Gasteiger partial charge in [-0.25, -0.2) is 4.79 Å². The van der Waals surface area contributed by atoms with Gasteiger partial charge in [-0.15, -0.1) is 0 Å². The Labute approximate surface area is 86.1 Å². The van der Waals surface area contributed by atoms with Gasteiger partial charge in [0.05, 0.1) is 11.3 Å². The van der Waals surface area contributed by atoms with Crippen LogP contribution in [0.5, 0.6) is 0 Å². The minimum Gasteiger partial charge on any atom is -0.478 e. The molecule has 0 aliphatic rings. The molecule has 0 unspecified atom stereocenters. The molecular weight excluding hydrogens is 200 g/mol. The third kappa shape index (κ3) is 2.60. The van der Waals surface area contributed by atoms with Crippen LogP contribution in [-0.4, -0.2) is 28.9 Å². The van der Waals surface area contributed by atoms with E-state index in [2.05, 4.69) is 0 Å². The molecule has 1 N–H and O–H groups in total. The lowest BCUT2D eigenvalue weighted by molar-refractivity contribution is 0.0696. The van der Waals surface area contributed by atoms with Crippen molar-refractivity contribution in [1.29, 1.82) is 0 Å². The molecule has 0 fully saturated rings. The molecule has 4 heteroatoms. The quantitative estimate of drug-likeness (QED) is 0.771. The molecule has 1 rings (SSSR count). The van der Waals surface area contributed by atoms with Gasteiger partial charge in [0, 0.05) is 5.56 Å². The number of hydrogen-bond acceptors (Lipinski definition) is 3. The number of aromatic carboxylic acids is 1. The fraction of sp³-hybridized carbons (Fsp3) is 0.200. The Morgan fingerprint density at radius 2 is 1.71 bits per heavy atom. The van der Waals surface area contributed by atoms with Gasteiger partial charge < -0.3 is 5.11 Å². The van der Waals surface area contributed by atoms with Crippen LogP contribution in [0.15, 0.2) is 24.3 Å². The molecule has 0 spiro atoms. The van der Waals surface area contributed by atoms with Crippen LogP contribution in [0.3, 0.4) is 0 Å². The summed E-state index contributed by atoms with van der Waals surface area (Å²) in [6.07, 6.45) is 1.85. The molecule has 0 aromatic heterocycles. The Kier molecular flexibility index (Phi) is 3.71. The number of rotatable bonds is 4. The van der Waals surface area contributed by atoms with Crippen molar-refractivity contribution in [3.8, 4) is 0 Å². The topological polar surface area (TPSA) is 54.4 Å². The summed E-state index contributed by atoms with van der Waals surface area (Å²) in [5.41, 5.74) is 0.759. The molecule has 14 heavy (non-hydrogen) atoms. The molecule has 0 aliphatic heterocycles. The van der Waals surface area contributed by atoms with E-state index in [0.717, 1.165) is 0 Å². The van der Waals surface area contributed by atoms with E-state index >= 15 is 0 Å². The molecule has 74 valence electrons. The van der Waals surface area contributed by atoms with Gasteiger partial charge in [0.1, 0.15) is 0 Å². The molecule has 0 radical (unpaired) electrons. The number of benzene rings is 1. The molecule has 0 heterocycles. The first-order valence-electron chi connectivity index (χ1n) is 4.00. The lowest BCUT2D eigenvalue weighted by atomic mass is 10.1. The van der Waals surface area contributed by atoms with Gasteiger partial charge in [-0.3, -0.25) is 4.79 Å². The van der Waals surface area contributed by atoms with Crippen LogP contribution in [0.25, 0.3) is 0 Å². The summed E-state index contributed by atoms with van der Waals surface area (Å²) in [6, 6.07) is 5.97. The summed E-state index contributed by atoms with van der Waals surface area (Å²) < 4.78 is 0. The van der Waals surface area contributed by atoms with Crippen LogP contribution in [0.1, 0.15) is 20.7 Å². The molecule has 0 amide bonds. The highest BCUT2D eigenvalue weighted by atomic mass is 32.2. The van der Waals surface area contributed by atoms with Gasteiger partial charge in [-0.2, -0.15) is 11.8 Å². The van der Waals surface area contributed by atoms with Crippen molar-refractivity contribution in [1.82, 2.24) is 0 Å². The van der Waals surface area contributed by atoms with E-state index in [0.29, 0.717) is 11.3 Å². The highest BCUT2D eigenvalue weighted by Crippen LogP contribution is 2.07. The second kappa shape index (κ2) is 4.81. The summed E-state index contributed by atoms with van der Waals surface area (Å²) >= 11 is 1.45. The SMILES string of the molecule is CSCC(=O)c1ccc(C(=O)O)cc1. The second-order valence-electron chi connectivity index (χ2n) is 2.74. The lowest BCUT2D eigenvalue weighted by Gasteiger charge is -1.99. The van der Waals surface area contributed by atoms with Crippen molar-refractivity contribution in [2.45, 2.75) is 0 Å². The molecule has 1 aromatic rings. The molecule has 3 nitrogen and oxygen atoms in total. The fourth-order valence-corrected chi connectivity index (χ4v) is 1.44. The number of Topliss-reactive ketones (excluding diaryl/α,β-unsaturated/α-hetero) is 1. The van der Waals surface area contributed by atoms with Crippen molar-refractivity contribution in [3.05, 3.63) is 35.4 Å². The second-order valence-corrected chi connectivity index (χ2v) is 3.60. The largest absolute Gasteiger partial charge is 0.478 e. The molecular formula is C10H10O3S. The predicted molar refractivity (Wildman–Crippen MR) is 56.1 cm³/mol. The molecule has 0 bridgehead atoms. The number of ketones is 1. The molecule has 0 saturated heterocycles. The number of carbonyl (C=O) groups is 2. The minimum atomic E-state index is -0.978. The summed E-state index contributed by atoms with van der Waals surface area (Å²) in [6.45, 7) is 0. The molecule has 0 saturated carbocycles. The Bertz CT molecular complexity index is 343. The highest BCUT2D eigenvalue weighted by Gasteiger charge is 2.06. The number of carboxylic acid groups (broad SMARTS) is 1. The van der Waals surface area contributed by atoms with Crippen molar-refractivity contribution in [2.24, 2.45) is 0 Å². The van der Waals surface area contributed by atoms with E-state index in [1.807, 2.05) is 6.26 Å². The third-order valence-corrected chi connectivity index (χ3v) is 2.28. The van der Waals surface area contributed by atoms with Crippen molar-refractivity contribution < 1.29 is 14.7 Å². The highest BCUT2D eigenvalue weighted by molar-refractivity contribution is 7.99. The van der Waals surface area contributed by atoms with Gasteiger partial charge in [-0.05, 0) is 18.4 Å². The number of thioether (sulfide) groups is 1. The Morgan fingerprint density at radius 1 is 1.21 bits per heavy atom. The first-order valence-corrected chi connectivity index (χ1v) is 5.40. The van der Waals surface area contributed by atoms with Gasteiger partial charge in [0.2, 0.25) is 0 Å². The first-order chi connectivity index (χ1) is 6.65. The van der Waals surface area contributed by atoms with E-state index in [4.69, 9.17) is 5.11 Å². The maximum atomic E-state index is 11.4. The molecule has 1 aromatic carbocycles. The third-order valence-electron chi connectivity index (χ3n) is 1.73. The zero-order valence-electron chi connectivity index (χ0n) is 7.69. The zero-order chi connectivity index (χ0) is 10.6. The monoisotopic (exact) mass is 210 g/mol. The van der Waals surface area contributed by atoms with Crippen LogP contribution >= 0.6 is 11.8 Å². The Hall–Kier alpha value is -1.29. The average molecular weight is 210 g/mol. The summed E-state index contributed by atoms with van der Waals surface area (Å²) in [5.74, 6) is -0.532. The smallest absolute Gasteiger partial charge is 0.335 e. The Balaban J connectivity index is 2.83. The maximum Gasteiger partial charge on any atom is 0.335 e. The summed E-state index contributed by atoms with van der Waals surface area (Å²) in [4.78, 5) is 21.9. The standard InChI is InChI=1S/C10H10O3S/c1-14-6-9(11)7-2-4-8(5-3-7)10(12)13/h2-5H,6H2,1H3,(H,12,13). The van der Waals surface area contributed by atoms with E-state index < -0.39 is 5.97 Å². The normalized spacial score (nSPS) is 9.79. The number of carbonyl (C=O) groups excluding carboxylic acids is 1. The minimum absolute atomic E-state index is 0.0226. The van der Waals surface area contributed by atoms with E-state index in [1.54, 1.807) is 12.1 Å².